The lowest BCUT2D eigenvalue weighted by atomic mass is 9.95. The molecule has 1 amide bonds. The topological polar surface area (TPSA) is 49.3 Å². The molecule has 18 heavy (non-hydrogen) atoms. The molecule has 1 aromatic carbocycles. The third-order valence-corrected chi connectivity index (χ3v) is 4.55. The van der Waals surface area contributed by atoms with Crippen LogP contribution < -0.4 is 5.32 Å². The summed E-state index contributed by atoms with van der Waals surface area (Å²) in [5, 5.41) is 12.5. The van der Waals surface area contributed by atoms with Crippen LogP contribution >= 0.6 is 15.9 Å². The van der Waals surface area contributed by atoms with Crippen LogP contribution in [0.5, 0.6) is 5.75 Å². The summed E-state index contributed by atoms with van der Waals surface area (Å²) in [6.45, 7) is 1.79. The predicted octanol–water partition coefficient (Wildman–Crippen LogP) is 3.14. The van der Waals surface area contributed by atoms with Crippen LogP contribution in [0.4, 0.5) is 0 Å². The van der Waals surface area contributed by atoms with Crippen molar-refractivity contribution in [3.63, 3.8) is 0 Å². The van der Waals surface area contributed by atoms with Gasteiger partial charge in [0.05, 0.1) is 0 Å². The number of phenols is 1. The first-order chi connectivity index (χ1) is 8.58. The number of carbonyl (C=O) groups is 1. The average molecular weight is 312 g/mol. The van der Waals surface area contributed by atoms with E-state index in [-0.39, 0.29) is 17.7 Å². The van der Waals surface area contributed by atoms with Gasteiger partial charge < -0.3 is 10.4 Å². The molecule has 0 aromatic heterocycles. The minimum absolute atomic E-state index is 0.0607. The van der Waals surface area contributed by atoms with E-state index >= 15 is 0 Å². The Kier molecular flexibility index (Phi) is 4.27. The second kappa shape index (κ2) is 5.74. The standard InChI is InChI=1S/C14H18BrNO2/c1-9-8-10(6-7-13(9)17)14(18)16-12-5-3-2-4-11(12)15/h6-8,11-12,17H,2-5H2,1H3,(H,16,18). The molecule has 2 unspecified atom stereocenters. The zero-order chi connectivity index (χ0) is 13.1. The number of hydrogen-bond acceptors (Lipinski definition) is 2. The summed E-state index contributed by atoms with van der Waals surface area (Å²) in [6.07, 6.45) is 4.53. The number of halogens is 1. The highest BCUT2D eigenvalue weighted by molar-refractivity contribution is 9.09. The molecule has 0 bridgehead atoms. The lowest BCUT2D eigenvalue weighted by Crippen LogP contribution is -2.42. The summed E-state index contributed by atoms with van der Waals surface area (Å²) in [6, 6.07) is 5.15. The fourth-order valence-electron chi connectivity index (χ4n) is 2.30. The van der Waals surface area contributed by atoms with E-state index in [1.165, 1.54) is 12.8 Å². The van der Waals surface area contributed by atoms with Gasteiger partial charge in [0.15, 0.2) is 0 Å². The molecule has 2 N–H and O–H groups in total. The average Bonchev–Trinajstić information content (AvgIpc) is 2.35. The third-order valence-electron chi connectivity index (χ3n) is 3.46. The number of phenolic OH excluding ortho intramolecular Hbond substituents is 1. The molecule has 2 rings (SSSR count). The van der Waals surface area contributed by atoms with E-state index in [1.54, 1.807) is 25.1 Å². The van der Waals surface area contributed by atoms with Crippen molar-refractivity contribution in [3.05, 3.63) is 29.3 Å². The largest absolute Gasteiger partial charge is 0.508 e. The Balaban J connectivity index is 2.04. The van der Waals surface area contributed by atoms with Gasteiger partial charge in [-0.3, -0.25) is 4.79 Å². The smallest absolute Gasteiger partial charge is 0.251 e. The molecule has 4 heteroatoms. The summed E-state index contributed by atoms with van der Waals surface area (Å²) < 4.78 is 0. The fourth-order valence-corrected chi connectivity index (χ4v) is 3.02. The van der Waals surface area contributed by atoms with Crippen LogP contribution in [0.25, 0.3) is 0 Å². The van der Waals surface area contributed by atoms with Gasteiger partial charge in [0, 0.05) is 16.4 Å². The van der Waals surface area contributed by atoms with Crippen LogP contribution in [0.3, 0.4) is 0 Å². The van der Waals surface area contributed by atoms with Crippen molar-refractivity contribution >= 4 is 21.8 Å². The Hall–Kier alpha value is -1.03. The molecule has 0 saturated heterocycles. The van der Waals surface area contributed by atoms with E-state index < -0.39 is 0 Å². The lowest BCUT2D eigenvalue weighted by molar-refractivity contribution is 0.0929. The molecule has 0 radical (unpaired) electrons. The van der Waals surface area contributed by atoms with Gasteiger partial charge in [-0.1, -0.05) is 28.8 Å². The molecule has 1 aliphatic rings. The van der Waals surface area contributed by atoms with E-state index in [9.17, 15) is 9.90 Å². The lowest BCUT2D eigenvalue weighted by Gasteiger charge is -2.28. The number of benzene rings is 1. The van der Waals surface area contributed by atoms with Crippen molar-refractivity contribution in [1.29, 1.82) is 0 Å². The van der Waals surface area contributed by atoms with E-state index in [0.717, 1.165) is 18.4 Å². The van der Waals surface area contributed by atoms with Crippen LogP contribution in [0.15, 0.2) is 18.2 Å². The molecule has 1 saturated carbocycles. The van der Waals surface area contributed by atoms with Crippen LogP contribution in [0.2, 0.25) is 0 Å². The quantitative estimate of drug-likeness (QED) is 0.824. The summed E-state index contributed by atoms with van der Waals surface area (Å²) in [5.74, 6) is 0.164. The van der Waals surface area contributed by atoms with Crippen molar-refractivity contribution in [3.8, 4) is 5.75 Å². The zero-order valence-corrected chi connectivity index (χ0v) is 12.0. The maximum Gasteiger partial charge on any atom is 0.251 e. The van der Waals surface area contributed by atoms with Crippen LogP contribution in [0.1, 0.15) is 41.6 Å². The van der Waals surface area contributed by atoms with Gasteiger partial charge in [0.1, 0.15) is 5.75 Å². The molecule has 0 heterocycles. The van der Waals surface area contributed by atoms with Gasteiger partial charge in [-0.2, -0.15) is 0 Å². The summed E-state index contributed by atoms with van der Waals surface area (Å²) >= 11 is 3.63. The van der Waals surface area contributed by atoms with Crippen molar-refractivity contribution in [2.24, 2.45) is 0 Å². The molecule has 0 aliphatic heterocycles. The Morgan fingerprint density at radius 3 is 2.78 bits per heavy atom. The van der Waals surface area contributed by atoms with Crippen molar-refractivity contribution in [2.75, 3.05) is 0 Å². The van der Waals surface area contributed by atoms with Crippen molar-refractivity contribution < 1.29 is 9.90 Å². The highest BCUT2D eigenvalue weighted by Gasteiger charge is 2.24. The van der Waals surface area contributed by atoms with Gasteiger partial charge in [0.2, 0.25) is 0 Å². The van der Waals surface area contributed by atoms with E-state index in [1.807, 2.05) is 0 Å². The number of aryl methyl sites for hydroxylation is 1. The molecule has 2 atom stereocenters. The molecule has 1 aromatic rings. The Bertz CT molecular complexity index is 447. The molecule has 0 spiro atoms. The zero-order valence-electron chi connectivity index (χ0n) is 10.4. The molecular formula is C14H18BrNO2. The molecule has 98 valence electrons. The number of carbonyl (C=O) groups excluding carboxylic acids is 1. The number of nitrogens with one attached hydrogen (secondary N) is 1. The van der Waals surface area contributed by atoms with Gasteiger partial charge in [-0.05, 0) is 43.5 Å². The first-order valence-corrected chi connectivity index (χ1v) is 7.24. The second-order valence-corrected chi connectivity index (χ2v) is 6.06. The molecule has 1 aliphatic carbocycles. The van der Waals surface area contributed by atoms with Gasteiger partial charge in [-0.15, -0.1) is 0 Å². The van der Waals surface area contributed by atoms with E-state index in [4.69, 9.17) is 0 Å². The summed E-state index contributed by atoms with van der Waals surface area (Å²) in [4.78, 5) is 12.5. The number of hydrogen-bond donors (Lipinski definition) is 2. The third kappa shape index (κ3) is 3.05. The van der Waals surface area contributed by atoms with Crippen LogP contribution in [-0.4, -0.2) is 21.9 Å². The van der Waals surface area contributed by atoms with Gasteiger partial charge in [-0.25, -0.2) is 0 Å². The highest BCUT2D eigenvalue weighted by Crippen LogP contribution is 2.25. The monoisotopic (exact) mass is 311 g/mol. The maximum atomic E-state index is 12.1. The normalized spacial score (nSPS) is 23.7. The van der Waals surface area contributed by atoms with Crippen LogP contribution in [0, 0.1) is 6.92 Å². The number of amides is 1. The number of aromatic hydroxyl groups is 1. The maximum absolute atomic E-state index is 12.1. The van der Waals surface area contributed by atoms with E-state index in [0.29, 0.717) is 10.4 Å². The van der Waals surface area contributed by atoms with Crippen molar-refractivity contribution in [1.82, 2.24) is 5.32 Å². The SMILES string of the molecule is Cc1cc(C(=O)NC2CCCCC2Br)ccc1O. The molecule has 1 fully saturated rings. The van der Waals surface area contributed by atoms with Gasteiger partial charge >= 0.3 is 0 Å². The predicted molar refractivity (Wildman–Crippen MR) is 75.3 cm³/mol. The fraction of sp³-hybridized carbons (Fsp3) is 0.500. The number of alkyl halides is 1. The highest BCUT2D eigenvalue weighted by atomic mass is 79.9. The Morgan fingerprint density at radius 1 is 1.39 bits per heavy atom. The first kappa shape index (κ1) is 13.4. The van der Waals surface area contributed by atoms with Crippen LogP contribution in [-0.2, 0) is 0 Å². The second-order valence-electron chi connectivity index (χ2n) is 4.88. The first-order valence-electron chi connectivity index (χ1n) is 6.32. The molecule has 3 nitrogen and oxygen atoms in total. The molecular weight excluding hydrogens is 294 g/mol. The summed E-state index contributed by atoms with van der Waals surface area (Å²) in [5.41, 5.74) is 1.33. The van der Waals surface area contributed by atoms with Crippen molar-refractivity contribution in [2.45, 2.75) is 43.5 Å². The Labute approximate surface area is 116 Å². The van der Waals surface area contributed by atoms with E-state index in [2.05, 4.69) is 21.2 Å². The van der Waals surface area contributed by atoms with Gasteiger partial charge in [0.25, 0.3) is 5.91 Å². The number of rotatable bonds is 2. The minimum Gasteiger partial charge on any atom is -0.508 e. The Morgan fingerprint density at radius 2 is 2.11 bits per heavy atom. The summed E-state index contributed by atoms with van der Waals surface area (Å²) in [7, 11) is 0. The minimum atomic E-state index is -0.0607.